The highest BCUT2D eigenvalue weighted by Gasteiger charge is 2.04. The van der Waals surface area contributed by atoms with Crippen LogP contribution in [0.15, 0.2) is 29.3 Å². The van der Waals surface area contributed by atoms with Gasteiger partial charge in [-0.15, -0.1) is 24.0 Å². The average molecular weight is 476 g/mol. The molecule has 6 nitrogen and oxygen atoms in total. The lowest BCUT2D eigenvalue weighted by molar-refractivity contribution is -0.127. The van der Waals surface area contributed by atoms with Gasteiger partial charge in [0, 0.05) is 27.2 Å². The van der Waals surface area contributed by atoms with E-state index in [2.05, 4.69) is 34.7 Å². The summed E-state index contributed by atoms with van der Waals surface area (Å²) in [6.45, 7) is 6.52. The molecular weight excluding hydrogens is 443 g/mol. The number of carbonyl (C=O) groups excluding carboxylic acids is 1. The Morgan fingerprint density at radius 1 is 1.19 bits per heavy atom. The molecule has 0 aromatic heterocycles. The highest BCUT2D eigenvalue weighted by molar-refractivity contribution is 14.0. The molecule has 1 rings (SSSR count). The van der Waals surface area contributed by atoms with Crippen molar-refractivity contribution >= 4 is 35.8 Å². The minimum Gasteiger partial charge on any atom is -0.494 e. The van der Waals surface area contributed by atoms with Crippen LogP contribution in [-0.4, -0.2) is 57.1 Å². The number of unbranched alkanes of at least 4 members (excludes halogenated alkanes) is 1. The number of hydrogen-bond donors (Lipinski definition) is 2. The Hall–Kier alpha value is -1.51. The fourth-order valence-corrected chi connectivity index (χ4v) is 2.13. The van der Waals surface area contributed by atoms with Crippen molar-refractivity contribution in [2.24, 2.45) is 4.99 Å². The molecule has 0 aliphatic rings. The van der Waals surface area contributed by atoms with Crippen LogP contribution in [0.1, 0.15) is 32.3 Å². The summed E-state index contributed by atoms with van der Waals surface area (Å²) in [4.78, 5) is 17.6. The Morgan fingerprint density at radius 2 is 1.92 bits per heavy atom. The first-order chi connectivity index (χ1) is 12.1. The van der Waals surface area contributed by atoms with E-state index in [1.165, 1.54) is 5.56 Å². The van der Waals surface area contributed by atoms with Gasteiger partial charge in [-0.2, -0.15) is 0 Å². The molecule has 148 valence electrons. The second kappa shape index (κ2) is 14.6. The minimum absolute atomic E-state index is 0. The molecule has 0 saturated carbocycles. The van der Waals surface area contributed by atoms with Crippen molar-refractivity contribution < 1.29 is 9.53 Å². The van der Waals surface area contributed by atoms with E-state index in [4.69, 9.17) is 4.74 Å². The zero-order valence-electron chi connectivity index (χ0n) is 16.4. The summed E-state index contributed by atoms with van der Waals surface area (Å²) >= 11 is 0. The predicted octanol–water partition coefficient (Wildman–Crippen LogP) is 2.67. The van der Waals surface area contributed by atoms with E-state index in [9.17, 15) is 4.79 Å². The topological polar surface area (TPSA) is 66.0 Å². The van der Waals surface area contributed by atoms with Crippen molar-refractivity contribution in [3.05, 3.63) is 29.8 Å². The molecule has 1 aromatic rings. The number of hydrogen-bond acceptors (Lipinski definition) is 3. The molecule has 0 aliphatic carbocycles. The SMILES string of the molecule is CCCCNC(=NCC(=O)N(C)C)NCCc1cccc(OCC)c1.I. The van der Waals surface area contributed by atoms with Crippen LogP contribution < -0.4 is 15.4 Å². The normalized spacial score (nSPS) is 10.7. The van der Waals surface area contributed by atoms with E-state index < -0.39 is 0 Å². The van der Waals surface area contributed by atoms with Gasteiger partial charge in [-0.3, -0.25) is 4.79 Å². The maximum atomic E-state index is 11.7. The highest BCUT2D eigenvalue weighted by Crippen LogP contribution is 2.13. The third-order valence-electron chi connectivity index (χ3n) is 3.61. The summed E-state index contributed by atoms with van der Waals surface area (Å²) in [5.41, 5.74) is 1.20. The van der Waals surface area contributed by atoms with Crippen LogP contribution in [0.3, 0.4) is 0 Å². The molecule has 0 saturated heterocycles. The summed E-state index contributed by atoms with van der Waals surface area (Å²) in [6.07, 6.45) is 3.04. The van der Waals surface area contributed by atoms with Gasteiger partial charge in [0.1, 0.15) is 12.3 Å². The number of amides is 1. The van der Waals surface area contributed by atoms with Crippen molar-refractivity contribution in [2.75, 3.05) is 40.3 Å². The van der Waals surface area contributed by atoms with Crippen LogP contribution in [0.4, 0.5) is 0 Å². The summed E-state index contributed by atoms with van der Waals surface area (Å²) in [7, 11) is 3.47. The van der Waals surface area contributed by atoms with Crippen molar-refractivity contribution in [3.63, 3.8) is 0 Å². The number of aliphatic imine (C=N–C) groups is 1. The molecule has 1 aromatic carbocycles. The summed E-state index contributed by atoms with van der Waals surface area (Å²) in [6, 6.07) is 8.11. The van der Waals surface area contributed by atoms with Gasteiger partial charge in [0.2, 0.25) is 5.91 Å². The molecular formula is C19H33IN4O2. The smallest absolute Gasteiger partial charge is 0.243 e. The number of rotatable bonds is 10. The van der Waals surface area contributed by atoms with Gasteiger partial charge in [-0.1, -0.05) is 25.5 Å². The van der Waals surface area contributed by atoms with Crippen molar-refractivity contribution in [1.82, 2.24) is 15.5 Å². The van der Waals surface area contributed by atoms with Crippen LogP contribution in [0.2, 0.25) is 0 Å². The largest absolute Gasteiger partial charge is 0.494 e. The molecule has 26 heavy (non-hydrogen) atoms. The van der Waals surface area contributed by atoms with E-state index in [-0.39, 0.29) is 36.4 Å². The van der Waals surface area contributed by atoms with Gasteiger partial charge < -0.3 is 20.3 Å². The van der Waals surface area contributed by atoms with Gasteiger partial charge in [0.15, 0.2) is 5.96 Å². The second-order valence-electron chi connectivity index (χ2n) is 5.99. The Morgan fingerprint density at radius 3 is 2.58 bits per heavy atom. The average Bonchev–Trinajstić information content (AvgIpc) is 2.59. The first kappa shape index (κ1) is 24.5. The molecule has 0 atom stereocenters. The molecule has 0 bridgehead atoms. The molecule has 2 N–H and O–H groups in total. The zero-order valence-corrected chi connectivity index (χ0v) is 18.7. The molecule has 0 unspecified atom stereocenters. The van der Waals surface area contributed by atoms with Crippen LogP contribution in [0, 0.1) is 0 Å². The van der Waals surface area contributed by atoms with Gasteiger partial charge >= 0.3 is 0 Å². The van der Waals surface area contributed by atoms with Gasteiger partial charge in [-0.25, -0.2) is 4.99 Å². The number of halogens is 1. The maximum absolute atomic E-state index is 11.7. The van der Waals surface area contributed by atoms with Gasteiger partial charge in [0.05, 0.1) is 6.61 Å². The quantitative estimate of drug-likeness (QED) is 0.236. The fraction of sp³-hybridized carbons (Fsp3) is 0.579. The summed E-state index contributed by atoms with van der Waals surface area (Å²) in [5, 5.41) is 6.58. The Kier molecular flexibility index (Phi) is 13.8. The minimum atomic E-state index is -0.0130. The number of nitrogens with zero attached hydrogens (tertiary/aromatic N) is 2. The standard InChI is InChI=1S/C19H32N4O2.HI/c1-5-7-12-20-19(22-15-18(24)23(3)4)21-13-11-16-9-8-10-17(14-16)25-6-2;/h8-10,14H,5-7,11-13,15H2,1-4H3,(H2,20,21,22);1H. The lowest BCUT2D eigenvalue weighted by atomic mass is 10.1. The first-order valence-electron chi connectivity index (χ1n) is 9.00. The van der Waals surface area contributed by atoms with E-state index >= 15 is 0 Å². The lowest BCUT2D eigenvalue weighted by Gasteiger charge is -2.14. The van der Waals surface area contributed by atoms with Crippen molar-refractivity contribution in [3.8, 4) is 5.75 Å². The predicted molar refractivity (Wildman–Crippen MR) is 119 cm³/mol. The summed E-state index contributed by atoms with van der Waals surface area (Å²) < 4.78 is 5.53. The molecule has 7 heteroatoms. The summed E-state index contributed by atoms with van der Waals surface area (Å²) in [5.74, 6) is 1.57. The van der Waals surface area contributed by atoms with Crippen LogP contribution >= 0.6 is 24.0 Å². The monoisotopic (exact) mass is 476 g/mol. The van der Waals surface area contributed by atoms with Crippen molar-refractivity contribution in [2.45, 2.75) is 33.1 Å². The molecule has 0 radical (unpaired) electrons. The van der Waals surface area contributed by atoms with Crippen LogP contribution in [-0.2, 0) is 11.2 Å². The highest BCUT2D eigenvalue weighted by atomic mass is 127. The third kappa shape index (κ3) is 10.5. The molecule has 0 aliphatic heterocycles. The van der Waals surface area contributed by atoms with E-state index in [0.29, 0.717) is 12.6 Å². The zero-order chi connectivity index (χ0) is 18.5. The number of carbonyl (C=O) groups is 1. The van der Waals surface area contributed by atoms with Gasteiger partial charge in [0.25, 0.3) is 0 Å². The Balaban J connectivity index is 0.00000625. The van der Waals surface area contributed by atoms with E-state index in [0.717, 1.165) is 38.1 Å². The number of nitrogens with one attached hydrogen (secondary N) is 2. The Bertz CT molecular complexity index is 550. The van der Waals surface area contributed by atoms with E-state index in [1.807, 2.05) is 19.1 Å². The lowest BCUT2D eigenvalue weighted by Crippen LogP contribution is -2.40. The fourth-order valence-electron chi connectivity index (χ4n) is 2.13. The molecule has 0 fully saturated rings. The third-order valence-corrected chi connectivity index (χ3v) is 3.61. The Labute approximate surface area is 174 Å². The number of guanidine groups is 1. The maximum Gasteiger partial charge on any atom is 0.243 e. The van der Waals surface area contributed by atoms with E-state index in [1.54, 1.807) is 19.0 Å². The first-order valence-corrected chi connectivity index (χ1v) is 9.00. The van der Waals surface area contributed by atoms with Crippen molar-refractivity contribution in [1.29, 1.82) is 0 Å². The number of likely N-dealkylation sites (N-methyl/N-ethyl adjacent to an activating group) is 1. The molecule has 0 spiro atoms. The number of benzene rings is 1. The molecule has 0 heterocycles. The number of ether oxygens (including phenoxy) is 1. The van der Waals surface area contributed by atoms with Crippen LogP contribution in [0.25, 0.3) is 0 Å². The molecule has 1 amide bonds. The van der Waals surface area contributed by atoms with Crippen LogP contribution in [0.5, 0.6) is 5.75 Å². The van der Waals surface area contributed by atoms with Gasteiger partial charge in [-0.05, 0) is 37.5 Å². The second-order valence-corrected chi connectivity index (χ2v) is 5.99.